The minimum absolute atomic E-state index is 0.0725. The number of imidazole rings is 1. The molecule has 5 nitrogen and oxygen atoms in total. The first-order chi connectivity index (χ1) is 10.7. The van der Waals surface area contributed by atoms with E-state index in [9.17, 15) is 4.79 Å². The van der Waals surface area contributed by atoms with Crippen LogP contribution in [-0.2, 0) is 11.8 Å². The predicted molar refractivity (Wildman–Crippen MR) is 87.5 cm³/mol. The summed E-state index contributed by atoms with van der Waals surface area (Å²) in [6.45, 7) is 3.08. The Hall–Kier alpha value is -2.56. The molecule has 0 bridgehead atoms. The molecule has 3 rings (SSSR count). The monoisotopic (exact) mass is 296 g/mol. The fraction of sp³-hybridized carbons (Fsp3) is 0.294. The summed E-state index contributed by atoms with van der Waals surface area (Å²) >= 11 is 0. The summed E-state index contributed by atoms with van der Waals surface area (Å²) in [5.41, 5.74) is 1.04. The van der Waals surface area contributed by atoms with Crippen LogP contribution >= 0.6 is 0 Å². The first-order valence-electron chi connectivity index (χ1n) is 7.48. The van der Waals surface area contributed by atoms with Crippen molar-refractivity contribution in [3.8, 4) is 0 Å². The van der Waals surface area contributed by atoms with Crippen LogP contribution in [0.1, 0.15) is 5.56 Å². The van der Waals surface area contributed by atoms with Gasteiger partial charge in [-0.25, -0.2) is 4.98 Å². The largest absolute Gasteiger partial charge is 0.339 e. The van der Waals surface area contributed by atoms with E-state index in [1.54, 1.807) is 12.3 Å². The Morgan fingerprint density at radius 3 is 2.50 bits per heavy atom. The van der Waals surface area contributed by atoms with Gasteiger partial charge in [0.2, 0.25) is 11.9 Å². The quantitative estimate of drug-likeness (QED) is 0.811. The zero-order valence-electron chi connectivity index (χ0n) is 12.7. The highest BCUT2D eigenvalue weighted by atomic mass is 16.2. The molecule has 1 aromatic heterocycles. The summed E-state index contributed by atoms with van der Waals surface area (Å²) in [4.78, 5) is 20.7. The van der Waals surface area contributed by atoms with Gasteiger partial charge in [0.05, 0.1) is 0 Å². The average Bonchev–Trinajstić information content (AvgIpc) is 3.00. The summed E-state index contributed by atoms with van der Waals surface area (Å²) in [6, 6.07) is 9.88. The molecule has 0 spiro atoms. The van der Waals surface area contributed by atoms with Crippen molar-refractivity contribution in [2.75, 3.05) is 31.1 Å². The molecule has 5 heteroatoms. The molecule has 22 heavy (non-hydrogen) atoms. The molecule has 2 heterocycles. The number of aromatic nitrogens is 2. The Bertz CT molecular complexity index is 654. The third kappa shape index (κ3) is 3.19. The van der Waals surface area contributed by atoms with E-state index in [4.69, 9.17) is 0 Å². The number of nitrogens with zero attached hydrogens (tertiary/aromatic N) is 4. The highest BCUT2D eigenvalue weighted by Gasteiger charge is 2.21. The second-order valence-electron chi connectivity index (χ2n) is 5.39. The van der Waals surface area contributed by atoms with Crippen LogP contribution in [0.25, 0.3) is 6.08 Å². The van der Waals surface area contributed by atoms with Gasteiger partial charge in [-0.3, -0.25) is 4.79 Å². The van der Waals surface area contributed by atoms with Crippen molar-refractivity contribution in [3.63, 3.8) is 0 Å². The van der Waals surface area contributed by atoms with E-state index in [0.29, 0.717) is 0 Å². The Balaban J connectivity index is 1.56. The van der Waals surface area contributed by atoms with Crippen LogP contribution in [-0.4, -0.2) is 46.5 Å². The molecule has 0 atom stereocenters. The lowest BCUT2D eigenvalue weighted by Crippen LogP contribution is -2.49. The van der Waals surface area contributed by atoms with Gasteiger partial charge >= 0.3 is 0 Å². The molecule has 0 radical (unpaired) electrons. The van der Waals surface area contributed by atoms with Crippen molar-refractivity contribution in [1.82, 2.24) is 14.5 Å². The number of anilines is 1. The lowest BCUT2D eigenvalue weighted by Gasteiger charge is -2.34. The van der Waals surface area contributed by atoms with Gasteiger partial charge < -0.3 is 14.4 Å². The zero-order valence-corrected chi connectivity index (χ0v) is 12.7. The standard InChI is InChI=1S/C17H20N4O/c1-19-10-9-18-17(19)21-13-11-20(12-14-21)16(22)8-7-15-5-3-2-4-6-15/h2-10H,11-14H2,1H3/b8-7+. The predicted octanol–water partition coefficient (Wildman–Crippen LogP) is 1.78. The van der Waals surface area contributed by atoms with Crippen LogP contribution in [0.3, 0.4) is 0 Å². The molecule has 0 aliphatic carbocycles. The average molecular weight is 296 g/mol. The SMILES string of the molecule is Cn1ccnc1N1CCN(C(=O)/C=C/c2ccccc2)CC1. The van der Waals surface area contributed by atoms with E-state index in [1.807, 2.05) is 59.1 Å². The number of piperazine rings is 1. The van der Waals surface area contributed by atoms with Gasteiger partial charge in [-0.05, 0) is 11.6 Å². The second-order valence-corrected chi connectivity index (χ2v) is 5.39. The highest BCUT2D eigenvalue weighted by molar-refractivity contribution is 5.91. The normalized spacial score (nSPS) is 15.5. The van der Waals surface area contributed by atoms with Crippen molar-refractivity contribution in [2.24, 2.45) is 7.05 Å². The first kappa shape index (κ1) is 14.4. The number of benzene rings is 1. The third-order valence-electron chi connectivity index (χ3n) is 3.89. The van der Waals surface area contributed by atoms with Crippen LogP contribution in [0.15, 0.2) is 48.8 Å². The molecule has 1 aromatic carbocycles. The molecule has 1 fully saturated rings. The van der Waals surface area contributed by atoms with Gasteiger partial charge in [0.1, 0.15) is 0 Å². The van der Waals surface area contributed by atoms with E-state index in [2.05, 4.69) is 9.88 Å². The Morgan fingerprint density at radius 1 is 1.14 bits per heavy atom. The molecule has 1 amide bonds. The summed E-state index contributed by atoms with van der Waals surface area (Å²) in [7, 11) is 1.99. The molecule has 1 saturated heterocycles. The fourth-order valence-corrected chi connectivity index (χ4v) is 2.63. The number of amides is 1. The van der Waals surface area contributed by atoms with E-state index in [0.717, 1.165) is 37.7 Å². The van der Waals surface area contributed by atoms with Crippen LogP contribution in [0.2, 0.25) is 0 Å². The number of rotatable bonds is 3. The Morgan fingerprint density at radius 2 is 1.86 bits per heavy atom. The summed E-state index contributed by atoms with van der Waals surface area (Å²) in [6.07, 6.45) is 7.27. The zero-order chi connectivity index (χ0) is 15.4. The number of aryl methyl sites for hydroxylation is 1. The maximum Gasteiger partial charge on any atom is 0.246 e. The topological polar surface area (TPSA) is 41.4 Å². The molecule has 114 valence electrons. The van der Waals surface area contributed by atoms with Crippen LogP contribution in [0.5, 0.6) is 0 Å². The van der Waals surface area contributed by atoms with Gasteiger partial charge in [-0.2, -0.15) is 0 Å². The van der Waals surface area contributed by atoms with Crippen molar-refractivity contribution >= 4 is 17.9 Å². The Kier molecular flexibility index (Phi) is 4.23. The van der Waals surface area contributed by atoms with Crippen molar-refractivity contribution < 1.29 is 4.79 Å². The summed E-state index contributed by atoms with van der Waals surface area (Å²) in [5.74, 6) is 1.04. The van der Waals surface area contributed by atoms with Gasteiger partial charge in [-0.1, -0.05) is 30.3 Å². The number of carbonyl (C=O) groups is 1. The third-order valence-corrected chi connectivity index (χ3v) is 3.89. The van der Waals surface area contributed by atoms with Gasteiger partial charge in [-0.15, -0.1) is 0 Å². The minimum Gasteiger partial charge on any atom is -0.339 e. The van der Waals surface area contributed by atoms with E-state index in [1.165, 1.54) is 0 Å². The van der Waals surface area contributed by atoms with E-state index in [-0.39, 0.29) is 5.91 Å². The highest BCUT2D eigenvalue weighted by Crippen LogP contribution is 2.13. The molecule has 2 aromatic rings. The molecular weight excluding hydrogens is 276 g/mol. The van der Waals surface area contributed by atoms with E-state index >= 15 is 0 Å². The molecule has 0 N–H and O–H groups in total. The molecule has 1 aliphatic rings. The molecule has 0 saturated carbocycles. The van der Waals surface area contributed by atoms with Crippen molar-refractivity contribution in [3.05, 3.63) is 54.4 Å². The van der Waals surface area contributed by atoms with Gasteiger partial charge in [0, 0.05) is 51.7 Å². The minimum atomic E-state index is 0.0725. The summed E-state index contributed by atoms with van der Waals surface area (Å²) < 4.78 is 2.01. The summed E-state index contributed by atoms with van der Waals surface area (Å²) in [5, 5.41) is 0. The second kappa shape index (κ2) is 6.47. The van der Waals surface area contributed by atoms with Gasteiger partial charge in [0.25, 0.3) is 0 Å². The van der Waals surface area contributed by atoms with Crippen molar-refractivity contribution in [2.45, 2.75) is 0 Å². The van der Waals surface area contributed by atoms with E-state index < -0.39 is 0 Å². The van der Waals surface area contributed by atoms with Crippen molar-refractivity contribution in [1.29, 1.82) is 0 Å². The number of hydrogen-bond donors (Lipinski definition) is 0. The Labute approximate surface area is 130 Å². The number of carbonyl (C=O) groups excluding carboxylic acids is 1. The number of hydrogen-bond acceptors (Lipinski definition) is 3. The van der Waals surface area contributed by atoms with Crippen LogP contribution < -0.4 is 4.90 Å². The van der Waals surface area contributed by atoms with Gasteiger partial charge in [0.15, 0.2) is 0 Å². The lowest BCUT2D eigenvalue weighted by molar-refractivity contribution is -0.126. The maximum atomic E-state index is 12.2. The maximum absolute atomic E-state index is 12.2. The fourth-order valence-electron chi connectivity index (χ4n) is 2.63. The first-order valence-corrected chi connectivity index (χ1v) is 7.48. The lowest BCUT2D eigenvalue weighted by atomic mass is 10.2. The molecule has 1 aliphatic heterocycles. The smallest absolute Gasteiger partial charge is 0.246 e. The molecule has 0 unspecified atom stereocenters. The molecular formula is C17H20N4O. The van der Waals surface area contributed by atoms with Crippen LogP contribution in [0.4, 0.5) is 5.95 Å². The van der Waals surface area contributed by atoms with Crippen LogP contribution in [0, 0.1) is 0 Å².